The van der Waals surface area contributed by atoms with Crippen molar-refractivity contribution in [1.29, 1.82) is 0 Å². The van der Waals surface area contributed by atoms with Gasteiger partial charge in [-0.2, -0.15) is 0 Å². The topological polar surface area (TPSA) is 59.7 Å². The first-order valence-corrected chi connectivity index (χ1v) is 10.7. The van der Waals surface area contributed by atoms with E-state index in [-0.39, 0.29) is 11.6 Å². The molecule has 7 nitrogen and oxygen atoms in total. The maximum atomic E-state index is 12.2. The lowest BCUT2D eigenvalue weighted by molar-refractivity contribution is -0.117. The van der Waals surface area contributed by atoms with Crippen LogP contribution in [0, 0.1) is 0 Å². The van der Waals surface area contributed by atoms with E-state index >= 15 is 0 Å². The summed E-state index contributed by atoms with van der Waals surface area (Å²) < 4.78 is 8.69. The third-order valence-electron chi connectivity index (χ3n) is 6.08. The van der Waals surface area contributed by atoms with E-state index in [2.05, 4.69) is 29.2 Å². The van der Waals surface area contributed by atoms with Gasteiger partial charge in [0.1, 0.15) is 0 Å². The number of aryl methyl sites for hydroxylation is 2. The second-order valence-corrected chi connectivity index (χ2v) is 8.24. The Morgan fingerprint density at radius 2 is 1.61 bits per heavy atom. The maximum Gasteiger partial charge on any atom is 0.328 e. The molecule has 164 valence electrons. The molecule has 1 aliphatic rings. The van der Waals surface area contributed by atoms with Gasteiger partial charge in [0, 0.05) is 59.5 Å². The Bertz CT molecular complexity index is 1130. The van der Waals surface area contributed by atoms with Crippen LogP contribution in [-0.4, -0.2) is 46.7 Å². The Hall–Kier alpha value is -2.90. The molecule has 0 aliphatic carbocycles. The summed E-state index contributed by atoms with van der Waals surface area (Å²) in [5.41, 5.74) is 5.19. The number of carbonyl (C=O) groups is 1. The molecule has 2 aromatic carbocycles. The van der Waals surface area contributed by atoms with Gasteiger partial charge in [0.15, 0.2) is 0 Å². The van der Waals surface area contributed by atoms with E-state index in [9.17, 15) is 9.59 Å². The lowest BCUT2D eigenvalue weighted by Crippen LogP contribution is -2.27. The van der Waals surface area contributed by atoms with Crippen LogP contribution in [0.5, 0.6) is 0 Å². The van der Waals surface area contributed by atoms with Crippen molar-refractivity contribution in [1.82, 2.24) is 14.0 Å². The van der Waals surface area contributed by atoms with Crippen LogP contribution < -0.4 is 10.6 Å². The molecule has 1 aromatic heterocycles. The largest absolute Gasteiger partial charge is 0.383 e. The standard InChI is InChI=1S/C24H30N4O3/c1-25-21-11-8-19(15-22(21)26(2)24(25)30)17-27(13-14-31-3)16-18-6-9-20(10-7-18)28-12-4-5-23(28)29/h6-11,15H,4-5,12-14,16-17H2,1-3H3. The predicted octanol–water partition coefficient (Wildman–Crippen LogP) is 2.65. The zero-order valence-electron chi connectivity index (χ0n) is 18.5. The molecule has 0 atom stereocenters. The van der Waals surface area contributed by atoms with Crippen LogP contribution in [0.1, 0.15) is 24.0 Å². The number of imidazole rings is 1. The number of rotatable bonds is 8. The van der Waals surface area contributed by atoms with Gasteiger partial charge in [-0.1, -0.05) is 18.2 Å². The van der Waals surface area contributed by atoms with Gasteiger partial charge in [-0.05, 0) is 41.8 Å². The van der Waals surface area contributed by atoms with E-state index < -0.39 is 0 Å². The van der Waals surface area contributed by atoms with Crippen LogP contribution in [-0.2, 0) is 36.7 Å². The van der Waals surface area contributed by atoms with Gasteiger partial charge < -0.3 is 9.64 Å². The second-order valence-electron chi connectivity index (χ2n) is 8.24. The fraction of sp³-hybridized carbons (Fsp3) is 0.417. The Morgan fingerprint density at radius 1 is 0.935 bits per heavy atom. The van der Waals surface area contributed by atoms with E-state index in [0.29, 0.717) is 13.0 Å². The summed E-state index contributed by atoms with van der Waals surface area (Å²) in [6.07, 6.45) is 1.58. The van der Waals surface area contributed by atoms with Crippen LogP contribution in [0.25, 0.3) is 11.0 Å². The fourth-order valence-electron chi connectivity index (χ4n) is 4.30. The average Bonchev–Trinajstić information content (AvgIpc) is 3.30. The van der Waals surface area contributed by atoms with Gasteiger partial charge in [-0.15, -0.1) is 0 Å². The minimum absolute atomic E-state index is 0.0139. The van der Waals surface area contributed by atoms with Crippen molar-refractivity contribution in [3.05, 3.63) is 64.1 Å². The quantitative estimate of drug-likeness (QED) is 0.560. The van der Waals surface area contributed by atoms with Crippen molar-refractivity contribution in [2.75, 3.05) is 31.7 Å². The number of methoxy groups -OCH3 is 1. The summed E-state index contributed by atoms with van der Waals surface area (Å²) in [5.74, 6) is 0.208. The molecule has 1 fully saturated rings. The normalized spacial score (nSPS) is 14.3. The molecule has 0 spiro atoms. The fourth-order valence-corrected chi connectivity index (χ4v) is 4.30. The van der Waals surface area contributed by atoms with Gasteiger partial charge in [0.2, 0.25) is 5.91 Å². The minimum atomic E-state index is -0.0139. The Morgan fingerprint density at radius 3 is 2.29 bits per heavy atom. The number of hydrogen-bond donors (Lipinski definition) is 0. The average molecular weight is 423 g/mol. The van der Waals surface area contributed by atoms with E-state index in [1.807, 2.05) is 30.1 Å². The molecule has 0 bridgehead atoms. The molecule has 1 amide bonds. The van der Waals surface area contributed by atoms with Crippen molar-refractivity contribution in [2.24, 2.45) is 14.1 Å². The van der Waals surface area contributed by atoms with E-state index in [1.54, 1.807) is 23.3 Å². The highest BCUT2D eigenvalue weighted by Crippen LogP contribution is 2.22. The molecule has 0 radical (unpaired) electrons. The summed E-state index contributed by atoms with van der Waals surface area (Å²) in [6, 6.07) is 14.5. The Kier molecular flexibility index (Phi) is 6.25. The minimum Gasteiger partial charge on any atom is -0.383 e. The second kappa shape index (κ2) is 9.08. The number of hydrogen-bond acceptors (Lipinski definition) is 4. The zero-order chi connectivity index (χ0) is 22.0. The lowest BCUT2D eigenvalue weighted by atomic mass is 10.1. The first-order valence-electron chi connectivity index (χ1n) is 10.7. The number of amides is 1. The van der Waals surface area contributed by atoms with E-state index in [4.69, 9.17) is 4.74 Å². The molecule has 31 heavy (non-hydrogen) atoms. The molecule has 7 heteroatoms. The van der Waals surface area contributed by atoms with E-state index in [0.717, 1.165) is 54.9 Å². The smallest absolute Gasteiger partial charge is 0.328 e. The summed E-state index contributed by atoms with van der Waals surface area (Å²) in [4.78, 5) is 28.4. The van der Waals surface area contributed by atoms with Crippen LogP contribution in [0.15, 0.2) is 47.3 Å². The van der Waals surface area contributed by atoms with Crippen LogP contribution in [0.4, 0.5) is 5.69 Å². The summed E-state index contributed by atoms with van der Waals surface area (Å²) in [6.45, 7) is 3.79. The monoisotopic (exact) mass is 422 g/mol. The van der Waals surface area contributed by atoms with Crippen molar-refractivity contribution >= 4 is 22.6 Å². The molecule has 2 heterocycles. The molecular formula is C24H30N4O3. The lowest BCUT2D eigenvalue weighted by Gasteiger charge is -2.23. The predicted molar refractivity (Wildman–Crippen MR) is 122 cm³/mol. The molecule has 1 saturated heterocycles. The summed E-state index contributed by atoms with van der Waals surface area (Å²) >= 11 is 0. The highest BCUT2D eigenvalue weighted by molar-refractivity contribution is 5.95. The zero-order valence-corrected chi connectivity index (χ0v) is 18.5. The third kappa shape index (κ3) is 4.43. The van der Waals surface area contributed by atoms with Gasteiger partial charge in [0.25, 0.3) is 0 Å². The summed E-state index contributed by atoms with van der Waals surface area (Å²) in [5, 5.41) is 0. The van der Waals surface area contributed by atoms with Gasteiger partial charge in [0.05, 0.1) is 17.6 Å². The number of benzene rings is 2. The van der Waals surface area contributed by atoms with Crippen LogP contribution >= 0.6 is 0 Å². The Labute approximate surface area is 182 Å². The van der Waals surface area contributed by atoms with Crippen LogP contribution in [0.3, 0.4) is 0 Å². The highest BCUT2D eigenvalue weighted by atomic mass is 16.5. The van der Waals surface area contributed by atoms with Gasteiger partial charge >= 0.3 is 5.69 Å². The molecule has 3 aromatic rings. The first-order chi connectivity index (χ1) is 15.0. The SMILES string of the molecule is COCCN(Cc1ccc(N2CCCC2=O)cc1)Cc1ccc2c(c1)n(C)c(=O)n2C. The van der Waals surface area contributed by atoms with Crippen molar-refractivity contribution in [2.45, 2.75) is 25.9 Å². The number of fused-ring (bicyclic) bond motifs is 1. The first kappa shape index (κ1) is 21.3. The molecule has 0 unspecified atom stereocenters. The van der Waals surface area contributed by atoms with Crippen molar-refractivity contribution in [3.63, 3.8) is 0 Å². The Balaban J connectivity index is 1.51. The third-order valence-corrected chi connectivity index (χ3v) is 6.08. The summed E-state index contributed by atoms with van der Waals surface area (Å²) in [7, 11) is 5.32. The molecular weight excluding hydrogens is 392 g/mol. The van der Waals surface area contributed by atoms with Gasteiger partial charge in [-0.25, -0.2) is 4.79 Å². The number of aromatic nitrogens is 2. The molecule has 0 saturated carbocycles. The van der Waals surface area contributed by atoms with Gasteiger partial charge in [-0.3, -0.25) is 18.8 Å². The molecule has 0 N–H and O–H groups in total. The molecule has 1 aliphatic heterocycles. The number of carbonyl (C=O) groups excluding carboxylic acids is 1. The number of anilines is 1. The number of nitrogens with zero attached hydrogens (tertiary/aromatic N) is 4. The van der Waals surface area contributed by atoms with Crippen molar-refractivity contribution in [3.8, 4) is 0 Å². The van der Waals surface area contributed by atoms with Crippen molar-refractivity contribution < 1.29 is 9.53 Å². The maximum absolute atomic E-state index is 12.2. The highest BCUT2D eigenvalue weighted by Gasteiger charge is 2.21. The van der Waals surface area contributed by atoms with E-state index in [1.165, 1.54) is 5.56 Å². The molecule has 4 rings (SSSR count). The number of ether oxygens (including phenoxy) is 1. The van der Waals surface area contributed by atoms with Crippen LogP contribution in [0.2, 0.25) is 0 Å².